The molecule has 2 atom stereocenters. The van der Waals surface area contributed by atoms with Gasteiger partial charge in [0.15, 0.2) is 0 Å². The Labute approximate surface area is 123 Å². The van der Waals surface area contributed by atoms with Crippen LogP contribution in [0.15, 0.2) is 24.3 Å². The second kappa shape index (κ2) is 6.79. The van der Waals surface area contributed by atoms with Gasteiger partial charge in [0, 0.05) is 0 Å². The fraction of sp³-hybridized carbons (Fsp3) is 0.467. The third-order valence-corrected chi connectivity index (χ3v) is 4.50. The largest absolute Gasteiger partial charge is 0.481 e. The number of nitrogens with one attached hydrogen (secondary N) is 1. The van der Waals surface area contributed by atoms with Crippen molar-refractivity contribution in [3.05, 3.63) is 35.4 Å². The molecule has 1 aliphatic rings. The summed E-state index contributed by atoms with van der Waals surface area (Å²) in [6, 6.07) is 8.27. The number of carboxylic acids is 1. The van der Waals surface area contributed by atoms with E-state index in [2.05, 4.69) is 24.4 Å². The van der Waals surface area contributed by atoms with Gasteiger partial charge in [-0.1, -0.05) is 31.2 Å². The van der Waals surface area contributed by atoms with Crippen LogP contribution in [-0.2, 0) is 9.59 Å². The smallest absolute Gasteiger partial charge is 0.313 e. The van der Waals surface area contributed by atoms with Gasteiger partial charge >= 0.3 is 5.97 Å². The Morgan fingerprint density at radius 1 is 1.25 bits per heavy atom. The van der Waals surface area contributed by atoms with Gasteiger partial charge in [-0.2, -0.15) is 0 Å². The highest BCUT2D eigenvalue weighted by Gasteiger charge is 2.25. The number of carbonyl (C=O) groups excluding carboxylic acids is 1. The molecule has 5 heteroatoms. The maximum absolute atomic E-state index is 11.9. The van der Waals surface area contributed by atoms with Crippen LogP contribution in [0.2, 0.25) is 0 Å². The van der Waals surface area contributed by atoms with Crippen molar-refractivity contribution in [2.75, 3.05) is 11.5 Å². The molecule has 1 amide bonds. The highest BCUT2D eigenvalue weighted by Crippen LogP contribution is 2.36. The minimum absolute atomic E-state index is 0.0360. The highest BCUT2D eigenvalue weighted by molar-refractivity contribution is 8.00. The van der Waals surface area contributed by atoms with Crippen LogP contribution in [0.3, 0.4) is 0 Å². The topological polar surface area (TPSA) is 66.4 Å². The van der Waals surface area contributed by atoms with Gasteiger partial charge < -0.3 is 10.4 Å². The summed E-state index contributed by atoms with van der Waals surface area (Å²) in [5.74, 6) is -0.294. The summed E-state index contributed by atoms with van der Waals surface area (Å²) in [5.41, 5.74) is 2.50. The van der Waals surface area contributed by atoms with E-state index in [0.717, 1.165) is 24.6 Å². The predicted molar refractivity (Wildman–Crippen MR) is 79.9 cm³/mol. The Bertz CT molecular complexity index is 504. The lowest BCUT2D eigenvalue weighted by Gasteiger charge is -2.30. The van der Waals surface area contributed by atoms with Crippen LogP contribution in [-0.4, -0.2) is 28.5 Å². The number of hydrogen-bond acceptors (Lipinski definition) is 3. The Morgan fingerprint density at radius 2 is 1.95 bits per heavy atom. The Morgan fingerprint density at radius 3 is 2.65 bits per heavy atom. The molecule has 2 N–H and O–H groups in total. The van der Waals surface area contributed by atoms with Crippen molar-refractivity contribution in [3.8, 4) is 0 Å². The first-order valence-electron chi connectivity index (χ1n) is 6.75. The van der Waals surface area contributed by atoms with Gasteiger partial charge in [0.2, 0.25) is 5.91 Å². The molecule has 20 heavy (non-hydrogen) atoms. The number of aliphatic carboxylic acids is 1. The SMILES string of the molecule is CC1CCC(NC(=O)CSCC(=O)O)c2ccccc21. The maximum Gasteiger partial charge on any atom is 0.313 e. The summed E-state index contributed by atoms with van der Waals surface area (Å²) in [6.45, 7) is 2.21. The lowest BCUT2D eigenvalue weighted by molar-refractivity contribution is -0.133. The van der Waals surface area contributed by atoms with E-state index in [4.69, 9.17) is 5.11 Å². The summed E-state index contributed by atoms with van der Waals surface area (Å²) in [7, 11) is 0. The standard InChI is InChI=1S/C15H19NO3S/c1-10-6-7-13(12-5-3-2-4-11(10)12)16-14(17)8-20-9-15(18)19/h2-5,10,13H,6-9H2,1H3,(H,16,17)(H,18,19). The molecule has 0 spiro atoms. The van der Waals surface area contributed by atoms with Gasteiger partial charge in [-0.05, 0) is 29.9 Å². The van der Waals surface area contributed by atoms with Gasteiger partial charge in [-0.25, -0.2) is 0 Å². The van der Waals surface area contributed by atoms with E-state index in [-0.39, 0.29) is 23.5 Å². The Balaban J connectivity index is 1.95. The monoisotopic (exact) mass is 293 g/mol. The second-order valence-corrected chi connectivity index (χ2v) is 6.10. The molecule has 0 heterocycles. The fourth-order valence-corrected chi connectivity index (χ4v) is 3.17. The Kier molecular flexibility index (Phi) is 5.06. The molecule has 1 aliphatic carbocycles. The zero-order valence-electron chi connectivity index (χ0n) is 11.5. The van der Waals surface area contributed by atoms with Gasteiger partial charge in [0.25, 0.3) is 0 Å². The van der Waals surface area contributed by atoms with Crippen molar-refractivity contribution in [2.45, 2.75) is 31.7 Å². The lowest BCUT2D eigenvalue weighted by atomic mass is 9.81. The van der Waals surface area contributed by atoms with Crippen LogP contribution in [0, 0.1) is 0 Å². The molecule has 0 aromatic heterocycles. The third kappa shape index (κ3) is 3.76. The molecule has 0 radical (unpaired) electrons. The average molecular weight is 293 g/mol. The number of hydrogen-bond donors (Lipinski definition) is 2. The highest BCUT2D eigenvalue weighted by atomic mass is 32.2. The maximum atomic E-state index is 11.9. The number of carbonyl (C=O) groups is 2. The van der Waals surface area contributed by atoms with Crippen LogP contribution in [0.4, 0.5) is 0 Å². The van der Waals surface area contributed by atoms with Crippen LogP contribution in [0.5, 0.6) is 0 Å². The molecular formula is C15H19NO3S. The normalized spacial score (nSPS) is 21.1. The second-order valence-electron chi connectivity index (χ2n) is 5.11. The van der Waals surface area contributed by atoms with Gasteiger partial charge in [-0.15, -0.1) is 11.8 Å². The quantitative estimate of drug-likeness (QED) is 0.875. The molecule has 108 valence electrons. The van der Waals surface area contributed by atoms with Crippen molar-refractivity contribution < 1.29 is 14.7 Å². The number of fused-ring (bicyclic) bond motifs is 1. The number of thioether (sulfide) groups is 1. The summed E-state index contributed by atoms with van der Waals surface area (Å²) in [4.78, 5) is 22.3. The van der Waals surface area contributed by atoms with Crippen molar-refractivity contribution in [3.63, 3.8) is 0 Å². The summed E-state index contributed by atoms with van der Waals surface area (Å²) < 4.78 is 0. The number of rotatable bonds is 5. The predicted octanol–water partition coefficient (Wildman–Crippen LogP) is 2.56. The van der Waals surface area contributed by atoms with E-state index in [0.29, 0.717) is 5.92 Å². The van der Waals surface area contributed by atoms with E-state index >= 15 is 0 Å². The van der Waals surface area contributed by atoms with Crippen molar-refractivity contribution in [1.29, 1.82) is 0 Å². The van der Waals surface area contributed by atoms with Crippen LogP contribution >= 0.6 is 11.8 Å². The van der Waals surface area contributed by atoms with Crippen LogP contribution in [0.1, 0.15) is 42.9 Å². The van der Waals surface area contributed by atoms with E-state index in [1.807, 2.05) is 12.1 Å². The fourth-order valence-electron chi connectivity index (χ4n) is 2.62. The van der Waals surface area contributed by atoms with Crippen LogP contribution < -0.4 is 5.32 Å². The summed E-state index contributed by atoms with van der Waals surface area (Å²) in [5, 5.41) is 11.6. The molecule has 1 aromatic carbocycles. The van der Waals surface area contributed by atoms with Gasteiger partial charge in [0.05, 0.1) is 17.5 Å². The van der Waals surface area contributed by atoms with Crippen molar-refractivity contribution in [2.24, 2.45) is 0 Å². The molecular weight excluding hydrogens is 274 g/mol. The first-order valence-corrected chi connectivity index (χ1v) is 7.91. The molecule has 0 saturated carbocycles. The van der Waals surface area contributed by atoms with Crippen LogP contribution in [0.25, 0.3) is 0 Å². The van der Waals surface area contributed by atoms with E-state index in [1.54, 1.807) is 0 Å². The minimum Gasteiger partial charge on any atom is -0.481 e. The lowest BCUT2D eigenvalue weighted by Crippen LogP contribution is -2.32. The third-order valence-electron chi connectivity index (χ3n) is 3.58. The van der Waals surface area contributed by atoms with E-state index < -0.39 is 5.97 Å². The molecule has 2 rings (SSSR count). The molecule has 0 saturated heterocycles. The van der Waals surface area contributed by atoms with E-state index in [9.17, 15) is 9.59 Å². The van der Waals surface area contributed by atoms with Crippen molar-refractivity contribution >= 4 is 23.6 Å². The zero-order chi connectivity index (χ0) is 14.5. The molecule has 0 fully saturated rings. The van der Waals surface area contributed by atoms with Gasteiger partial charge in [0.1, 0.15) is 0 Å². The Hall–Kier alpha value is -1.49. The van der Waals surface area contributed by atoms with E-state index in [1.165, 1.54) is 11.1 Å². The first-order chi connectivity index (χ1) is 9.58. The summed E-state index contributed by atoms with van der Waals surface area (Å²) >= 11 is 1.13. The average Bonchev–Trinajstić information content (AvgIpc) is 2.42. The first kappa shape index (κ1) is 14.9. The molecule has 0 aliphatic heterocycles. The molecule has 4 nitrogen and oxygen atoms in total. The zero-order valence-corrected chi connectivity index (χ0v) is 12.3. The molecule has 0 bridgehead atoms. The number of carboxylic acid groups (broad SMARTS) is 1. The number of benzene rings is 1. The summed E-state index contributed by atoms with van der Waals surface area (Å²) in [6.07, 6.45) is 2.00. The molecule has 2 unspecified atom stereocenters. The number of amides is 1. The van der Waals surface area contributed by atoms with Crippen molar-refractivity contribution in [1.82, 2.24) is 5.32 Å². The van der Waals surface area contributed by atoms with Gasteiger partial charge in [-0.3, -0.25) is 9.59 Å². The molecule has 1 aromatic rings. The minimum atomic E-state index is -0.889.